The number of nitrogens with zero attached hydrogens (tertiary/aromatic N) is 3. The maximum atomic E-state index is 4.38. The molecule has 4 heteroatoms. The van der Waals surface area contributed by atoms with Crippen molar-refractivity contribution in [3.8, 4) is 0 Å². The van der Waals surface area contributed by atoms with Gasteiger partial charge in [-0.15, -0.1) is 0 Å². The first kappa shape index (κ1) is 9.24. The Bertz CT molecular complexity index is 307. The van der Waals surface area contributed by atoms with Gasteiger partial charge in [0, 0.05) is 26.8 Å². The van der Waals surface area contributed by atoms with Gasteiger partial charge in [-0.2, -0.15) is 4.98 Å². The van der Waals surface area contributed by atoms with Crippen molar-refractivity contribution in [2.24, 2.45) is 5.92 Å². The van der Waals surface area contributed by atoms with E-state index in [0.717, 1.165) is 24.2 Å². The zero-order valence-corrected chi connectivity index (χ0v) is 8.70. The van der Waals surface area contributed by atoms with Crippen molar-refractivity contribution in [3.05, 3.63) is 12.3 Å². The van der Waals surface area contributed by atoms with Crippen LogP contribution in [0, 0.1) is 5.92 Å². The molecule has 0 radical (unpaired) electrons. The van der Waals surface area contributed by atoms with Crippen molar-refractivity contribution in [2.75, 3.05) is 30.9 Å². The van der Waals surface area contributed by atoms with Gasteiger partial charge in [0.1, 0.15) is 5.82 Å². The molecule has 0 spiro atoms. The van der Waals surface area contributed by atoms with Gasteiger partial charge >= 0.3 is 0 Å². The molecule has 1 fully saturated rings. The highest BCUT2D eigenvalue weighted by Crippen LogP contribution is 2.28. The third-order valence-corrected chi connectivity index (χ3v) is 2.34. The predicted molar refractivity (Wildman–Crippen MR) is 57.6 cm³/mol. The van der Waals surface area contributed by atoms with Gasteiger partial charge in [-0.3, -0.25) is 0 Å². The van der Waals surface area contributed by atoms with Gasteiger partial charge in [0.25, 0.3) is 0 Å². The summed E-state index contributed by atoms with van der Waals surface area (Å²) in [6, 6.07) is 1.91. The van der Waals surface area contributed by atoms with Gasteiger partial charge in [-0.05, 0) is 24.8 Å². The minimum Gasteiger partial charge on any atom is -0.363 e. The normalized spacial score (nSPS) is 15.3. The summed E-state index contributed by atoms with van der Waals surface area (Å²) in [5, 5.41) is 3.25. The van der Waals surface area contributed by atoms with E-state index >= 15 is 0 Å². The molecule has 1 aliphatic carbocycles. The van der Waals surface area contributed by atoms with E-state index in [4.69, 9.17) is 0 Å². The molecule has 0 aliphatic heterocycles. The average molecular weight is 192 g/mol. The maximum absolute atomic E-state index is 4.38. The quantitative estimate of drug-likeness (QED) is 0.782. The third-order valence-electron chi connectivity index (χ3n) is 2.34. The fraction of sp³-hybridized carbons (Fsp3) is 0.600. The van der Waals surface area contributed by atoms with Crippen LogP contribution >= 0.6 is 0 Å². The molecule has 0 atom stereocenters. The third kappa shape index (κ3) is 2.34. The molecule has 0 bridgehead atoms. The molecule has 0 saturated heterocycles. The van der Waals surface area contributed by atoms with Gasteiger partial charge in [0.15, 0.2) is 0 Å². The Balaban J connectivity index is 1.97. The lowest BCUT2D eigenvalue weighted by Gasteiger charge is -2.11. The average Bonchev–Trinajstić information content (AvgIpc) is 2.99. The predicted octanol–water partition coefficient (Wildman–Crippen LogP) is 1.36. The second kappa shape index (κ2) is 3.82. The minimum absolute atomic E-state index is 0.739. The Hall–Kier alpha value is -1.32. The molecule has 0 aromatic carbocycles. The molecular weight excluding hydrogens is 176 g/mol. The first-order valence-corrected chi connectivity index (χ1v) is 5.00. The van der Waals surface area contributed by atoms with Crippen LogP contribution in [0.5, 0.6) is 0 Å². The number of aromatic nitrogens is 2. The first-order chi connectivity index (χ1) is 6.75. The topological polar surface area (TPSA) is 41.1 Å². The van der Waals surface area contributed by atoms with E-state index in [0.29, 0.717) is 0 Å². The summed E-state index contributed by atoms with van der Waals surface area (Å²) in [5.74, 6) is 2.53. The molecule has 1 aromatic rings. The molecule has 0 amide bonds. The molecule has 0 unspecified atom stereocenters. The highest BCUT2D eigenvalue weighted by molar-refractivity contribution is 5.40. The van der Waals surface area contributed by atoms with Crippen LogP contribution in [0.3, 0.4) is 0 Å². The second-order valence-electron chi connectivity index (χ2n) is 3.96. The summed E-state index contributed by atoms with van der Waals surface area (Å²) in [6.07, 6.45) is 4.48. The number of hydrogen-bond acceptors (Lipinski definition) is 4. The monoisotopic (exact) mass is 192 g/mol. The van der Waals surface area contributed by atoms with Crippen LogP contribution in [0.15, 0.2) is 12.3 Å². The Labute approximate surface area is 84.4 Å². The highest BCUT2D eigenvalue weighted by Gasteiger charge is 2.20. The van der Waals surface area contributed by atoms with E-state index in [1.54, 1.807) is 6.20 Å². The smallest absolute Gasteiger partial charge is 0.224 e. The van der Waals surface area contributed by atoms with Crippen molar-refractivity contribution in [2.45, 2.75) is 12.8 Å². The van der Waals surface area contributed by atoms with Crippen LogP contribution in [0.2, 0.25) is 0 Å². The summed E-state index contributed by atoms with van der Waals surface area (Å²) in [6.45, 7) is 1.01. The first-order valence-electron chi connectivity index (χ1n) is 5.00. The largest absolute Gasteiger partial charge is 0.363 e. The van der Waals surface area contributed by atoms with Crippen LogP contribution in [-0.2, 0) is 0 Å². The zero-order valence-electron chi connectivity index (χ0n) is 8.70. The molecule has 2 rings (SSSR count). The Morgan fingerprint density at radius 1 is 1.50 bits per heavy atom. The van der Waals surface area contributed by atoms with Gasteiger partial charge in [-0.25, -0.2) is 4.98 Å². The van der Waals surface area contributed by atoms with Gasteiger partial charge in [-0.1, -0.05) is 0 Å². The van der Waals surface area contributed by atoms with Gasteiger partial charge in [0.2, 0.25) is 5.95 Å². The van der Waals surface area contributed by atoms with E-state index in [1.807, 2.05) is 25.1 Å². The lowest BCUT2D eigenvalue weighted by Crippen LogP contribution is -2.13. The Morgan fingerprint density at radius 3 is 2.93 bits per heavy atom. The maximum Gasteiger partial charge on any atom is 0.224 e. The van der Waals surface area contributed by atoms with Crippen LogP contribution in [-0.4, -0.2) is 30.6 Å². The van der Waals surface area contributed by atoms with E-state index in [-0.39, 0.29) is 0 Å². The van der Waals surface area contributed by atoms with E-state index in [1.165, 1.54) is 12.8 Å². The Kier molecular flexibility index (Phi) is 2.52. The minimum atomic E-state index is 0.739. The molecule has 1 aliphatic rings. The van der Waals surface area contributed by atoms with Crippen molar-refractivity contribution < 1.29 is 0 Å². The molecule has 1 N–H and O–H groups in total. The Morgan fingerprint density at radius 2 is 2.29 bits per heavy atom. The summed E-state index contributed by atoms with van der Waals surface area (Å²) in [5.41, 5.74) is 0. The van der Waals surface area contributed by atoms with Crippen molar-refractivity contribution >= 4 is 11.8 Å². The number of hydrogen-bond donors (Lipinski definition) is 1. The molecule has 1 saturated carbocycles. The highest BCUT2D eigenvalue weighted by atomic mass is 15.2. The molecule has 14 heavy (non-hydrogen) atoms. The van der Waals surface area contributed by atoms with Crippen molar-refractivity contribution in [1.82, 2.24) is 9.97 Å². The molecule has 1 aromatic heterocycles. The number of nitrogens with one attached hydrogen (secondary N) is 1. The fourth-order valence-corrected chi connectivity index (χ4v) is 1.24. The summed E-state index contributed by atoms with van der Waals surface area (Å²) in [4.78, 5) is 10.5. The van der Waals surface area contributed by atoms with Crippen molar-refractivity contribution in [3.63, 3.8) is 0 Å². The zero-order chi connectivity index (χ0) is 9.97. The SMILES string of the molecule is CN(C)c1ccnc(NCC2CC2)n1. The lowest BCUT2D eigenvalue weighted by molar-refractivity contribution is 0.871. The molecule has 76 valence electrons. The number of anilines is 2. The molecule has 4 nitrogen and oxygen atoms in total. The standard InChI is InChI=1S/C10H16N4/c1-14(2)9-5-6-11-10(13-9)12-7-8-3-4-8/h5-6,8H,3-4,7H2,1-2H3,(H,11,12,13). The van der Waals surface area contributed by atoms with Crippen LogP contribution < -0.4 is 10.2 Å². The van der Waals surface area contributed by atoms with Crippen LogP contribution in [0.25, 0.3) is 0 Å². The molecular formula is C10H16N4. The van der Waals surface area contributed by atoms with E-state index in [2.05, 4.69) is 15.3 Å². The number of rotatable bonds is 4. The molecule has 1 heterocycles. The van der Waals surface area contributed by atoms with Crippen LogP contribution in [0.1, 0.15) is 12.8 Å². The van der Waals surface area contributed by atoms with Gasteiger partial charge in [0.05, 0.1) is 0 Å². The summed E-state index contributed by atoms with van der Waals surface area (Å²) in [7, 11) is 3.96. The van der Waals surface area contributed by atoms with E-state index in [9.17, 15) is 0 Å². The second-order valence-corrected chi connectivity index (χ2v) is 3.96. The van der Waals surface area contributed by atoms with Crippen LogP contribution in [0.4, 0.5) is 11.8 Å². The lowest BCUT2D eigenvalue weighted by atomic mass is 10.4. The summed E-state index contributed by atoms with van der Waals surface area (Å²) >= 11 is 0. The van der Waals surface area contributed by atoms with Crippen molar-refractivity contribution in [1.29, 1.82) is 0 Å². The fourth-order valence-electron chi connectivity index (χ4n) is 1.24. The van der Waals surface area contributed by atoms with E-state index < -0.39 is 0 Å². The summed E-state index contributed by atoms with van der Waals surface area (Å²) < 4.78 is 0. The van der Waals surface area contributed by atoms with Gasteiger partial charge < -0.3 is 10.2 Å².